The first-order valence-corrected chi connectivity index (χ1v) is 12.2. The van der Waals surface area contributed by atoms with E-state index in [0.717, 1.165) is 5.56 Å². The Labute approximate surface area is 208 Å². The number of methoxy groups -OCH3 is 1. The zero-order valence-electron chi connectivity index (χ0n) is 20.2. The predicted octanol–water partition coefficient (Wildman–Crippen LogP) is 4.72. The molecular formula is C27H31F3N2O4. The Balaban J connectivity index is 1.16. The van der Waals surface area contributed by atoms with Crippen LogP contribution in [-0.2, 0) is 9.53 Å². The molecule has 1 aliphatic heterocycles. The summed E-state index contributed by atoms with van der Waals surface area (Å²) < 4.78 is 54.3. The molecule has 2 aromatic rings. The number of hydrogen-bond acceptors (Lipinski definition) is 5. The number of hydrogen-bond donors (Lipinski definition) is 0. The van der Waals surface area contributed by atoms with E-state index < -0.39 is 29.6 Å². The number of piperidine rings is 1. The van der Waals surface area contributed by atoms with E-state index in [4.69, 9.17) is 4.74 Å². The van der Waals surface area contributed by atoms with Crippen LogP contribution in [0.25, 0.3) is 0 Å². The fourth-order valence-corrected chi connectivity index (χ4v) is 4.78. The molecule has 2 unspecified atom stereocenters. The SMILES string of the molecule is COC(=O)c1ccc(OCCN2CCC(CN(F)C(=O)C(F)(F)C3CC3c3ccccc3)CC2)cc1. The van der Waals surface area contributed by atoms with E-state index in [9.17, 15) is 22.9 Å². The molecule has 1 aliphatic carbocycles. The standard InChI is InChI=1S/C27H31F3N2O4/c1-35-25(33)21-7-9-22(10-8-21)36-16-15-31-13-11-19(12-14-31)18-32(30)26(34)27(28,29)24-17-23(24)20-5-3-2-4-6-20/h2-10,19,23-24H,11-18H2,1H3. The molecule has 0 bridgehead atoms. The Morgan fingerprint density at radius 1 is 1.06 bits per heavy atom. The third kappa shape index (κ3) is 6.19. The van der Waals surface area contributed by atoms with Gasteiger partial charge in [0, 0.05) is 12.5 Å². The van der Waals surface area contributed by atoms with E-state index >= 15 is 0 Å². The lowest BCUT2D eigenvalue weighted by atomic mass is 9.96. The van der Waals surface area contributed by atoms with E-state index in [-0.39, 0.29) is 24.0 Å². The molecule has 6 nitrogen and oxygen atoms in total. The van der Waals surface area contributed by atoms with Crippen LogP contribution in [0.15, 0.2) is 54.6 Å². The number of nitrogens with zero attached hydrogens (tertiary/aromatic N) is 2. The average Bonchev–Trinajstić information content (AvgIpc) is 3.72. The van der Waals surface area contributed by atoms with Crippen LogP contribution in [0.4, 0.5) is 13.3 Å². The van der Waals surface area contributed by atoms with Gasteiger partial charge in [-0.25, -0.2) is 4.79 Å². The Morgan fingerprint density at radius 2 is 1.72 bits per heavy atom. The molecule has 1 saturated carbocycles. The number of rotatable bonds is 10. The minimum absolute atomic E-state index is 0.165. The normalized spacial score (nSPS) is 20.6. The molecular weight excluding hydrogens is 473 g/mol. The van der Waals surface area contributed by atoms with Crippen LogP contribution in [0.3, 0.4) is 0 Å². The maximum atomic E-state index is 14.7. The van der Waals surface area contributed by atoms with E-state index in [2.05, 4.69) is 9.64 Å². The molecule has 0 aromatic heterocycles. The summed E-state index contributed by atoms with van der Waals surface area (Å²) >= 11 is 0. The number of halogens is 3. The maximum absolute atomic E-state index is 14.7. The molecule has 0 spiro atoms. The highest BCUT2D eigenvalue weighted by Gasteiger charge is 2.61. The Bertz CT molecular complexity index is 1030. The minimum Gasteiger partial charge on any atom is -0.492 e. The predicted molar refractivity (Wildman–Crippen MR) is 127 cm³/mol. The molecule has 0 radical (unpaired) electrons. The quantitative estimate of drug-likeness (QED) is 0.346. The van der Waals surface area contributed by atoms with Gasteiger partial charge in [-0.05, 0) is 74.0 Å². The number of alkyl halides is 2. The van der Waals surface area contributed by atoms with Crippen LogP contribution in [0.2, 0.25) is 0 Å². The summed E-state index contributed by atoms with van der Waals surface area (Å²) in [5.74, 6) is -6.93. The second-order valence-corrected chi connectivity index (χ2v) is 9.48. The third-order valence-electron chi connectivity index (χ3n) is 7.07. The zero-order chi connectivity index (χ0) is 25.7. The van der Waals surface area contributed by atoms with Crippen molar-refractivity contribution in [2.75, 3.05) is 39.9 Å². The highest BCUT2D eigenvalue weighted by atomic mass is 19.3. The first-order chi connectivity index (χ1) is 17.3. The molecule has 2 atom stereocenters. The van der Waals surface area contributed by atoms with Gasteiger partial charge in [0.2, 0.25) is 0 Å². The van der Waals surface area contributed by atoms with E-state index in [1.54, 1.807) is 54.6 Å². The lowest BCUT2D eigenvalue weighted by Crippen LogP contribution is -2.45. The fraction of sp³-hybridized carbons (Fsp3) is 0.481. The third-order valence-corrected chi connectivity index (χ3v) is 7.07. The van der Waals surface area contributed by atoms with Crippen molar-refractivity contribution >= 4 is 11.9 Å². The van der Waals surface area contributed by atoms with Crippen molar-refractivity contribution in [2.24, 2.45) is 11.8 Å². The summed E-state index contributed by atoms with van der Waals surface area (Å²) in [4.78, 5) is 25.9. The molecule has 1 saturated heterocycles. The second kappa shape index (κ2) is 11.3. The van der Waals surface area contributed by atoms with Gasteiger partial charge in [0.15, 0.2) is 0 Å². The second-order valence-electron chi connectivity index (χ2n) is 9.48. The van der Waals surface area contributed by atoms with Crippen LogP contribution in [-0.4, -0.2) is 67.7 Å². The lowest BCUT2D eigenvalue weighted by Gasteiger charge is -2.33. The first kappa shape index (κ1) is 26.0. The summed E-state index contributed by atoms with van der Waals surface area (Å²) in [6, 6.07) is 15.5. The van der Waals surface area contributed by atoms with Crippen LogP contribution in [0.1, 0.15) is 41.1 Å². The van der Waals surface area contributed by atoms with E-state index in [1.165, 1.54) is 7.11 Å². The van der Waals surface area contributed by atoms with Crippen molar-refractivity contribution in [1.82, 2.24) is 10.0 Å². The van der Waals surface area contributed by atoms with Crippen molar-refractivity contribution in [3.05, 3.63) is 65.7 Å². The van der Waals surface area contributed by atoms with Crippen molar-refractivity contribution in [3.8, 4) is 5.75 Å². The van der Waals surface area contributed by atoms with Crippen molar-refractivity contribution in [2.45, 2.75) is 31.1 Å². The highest BCUT2D eigenvalue weighted by molar-refractivity contribution is 5.89. The summed E-state index contributed by atoms with van der Waals surface area (Å²) in [5.41, 5.74) is 1.20. The van der Waals surface area contributed by atoms with Crippen LogP contribution in [0, 0.1) is 11.8 Å². The van der Waals surface area contributed by atoms with Gasteiger partial charge < -0.3 is 9.47 Å². The molecule has 9 heteroatoms. The van der Waals surface area contributed by atoms with Gasteiger partial charge in [-0.1, -0.05) is 34.8 Å². The van der Waals surface area contributed by atoms with Crippen molar-refractivity contribution in [3.63, 3.8) is 0 Å². The van der Waals surface area contributed by atoms with Gasteiger partial charge in [0.05, 0.1) is 19.2 Å². The maximum Gasteiger partial charge on any atom is 0.337 e. The summed E-state index contributed by atoms with van der Waals surface area (Å²) in [6.07, 6.45) is 1.42. The summed E-state index contributed by atoms with van der Waals surface area (Å²) in [6.45, 7) is 2.13. The minimum atomic E-state index is -3.71. The number of benzene rings is 2. The van der Waals surface area contributed by atoms with E-state index in [1.807, 2.05) is 0 Å². The number of likely N-dealkylation sites (tertiary alicyclic amines) is 1. The van der Waals surface area contributed by atoms with Crippen LogP contribution >= 0.6 is 0 Å². The monoisotopic (exact) mass is 504 g/mol. The number of ether oxygens (including phenoxy) is 2. The summed E-state index contributed by atoms with van der Waals surface area (Å²) in [5, 5.41) is -0.262. The number of amides is 1. The molecule has 1 amide bonds. The summed E-state index contributed by atoms with van der Waals surface area (Å²) in [7, 11) is 1.32. The number of carbonyl (C=O) groups is 2. The van der Waals surface area contributed by atoms with Gasteiger partial charge in [-0.3, -0.25) is 9.69 Å². The van der Waals surface area contributed by atoms with Gasteiger partial charge in [0.25, 0.3) is 0 Å². The Kier molecular flexibility index (Phi) is 8.18. The van der Waals surface area contributed by atoms with Crippen LogP contribution < -0.4 is 4.74 Å². The number of carbonyl (C=O) groups excluding carboxylic acids is 2. The largest absolute Gasteiger partial charge is 0.492 e. The molecule has 0 N–H and O–H groups in total. The molecule has 194 valence electrons. The van der Waals surface area contributed by atoms with Gasteiger partial charge >= 0.3 is 17.8 Å². The van der Waals surface area contributed by atoms with Gasteiger partial charge in [-0.2, -0.15) is 13.9 Å². The molecule has 36 heavy (non-hydrogen) atoms. The number of esters is 1. The van der Waals surface area contributed by atoms with Gasteiger partial charge in [0.1, 0.15) is 12.4 Å². The van der Waals surface area contributed by atoms with Gasteiger partial charge in [-0.15, -0.1) is 0 Å². The highest BCUT2D eigenvalue weighted by Crippen LogP contribution is 2.56. The average molecular weight is 505 g/mol. The molecule has 4 rings (SSSR count). The Morgan fingerprint density at radius 3 is 2.36 bits per heavy atom. The molecule has 2 aliphatic rings. The smallest absolute Gasteiger partial charge is 0.337 e. The lowest BCUT2D eigenvalue weighted by molar-refractivity contribution is -0.178. The Hall–Kier alpha value is -3.07. The topological polar surface area (TPSA) is 59.1 Å². The zero-order valence-corrected chi connectivity index (χ0v) is 20.2. The first-order valence-electron chi connectivity index (χ1n) is 12.2. The molecule has 2 fully saturated rings. The fourth-order valence-electron chi connectivity index (χ4n) is 4.78. The van der Waals surface area contributed by atoms with Crippen molar-refractivity contribution < 1.29 is 32.3 Å². The molecule has 2 aromatic carbocycles. The van der Waals surface area contributed by atoms with Crippen molar-refractivity contribution in [1.29, 1.82) is 0 Å². The molecule has 1 heterocycles. The van der Waals surface area contributed by atoms with Crippen LogP contribution in [0.5, 0.6) is 5.75 Å². The van der Waals surface area contributed by atoms with E-state index in [0.29, 0.717) is 50.4 Å².